The molecule has 346 valence electrons. The highest BCUT2D eigenvalue weighted by Gasteiger charge is 2.21. The fraction of sp³-hybridized carbons (Fsp3) is 0. The van der Waals surface area contributed by atoms with Crippen LogP contribution in [-0.4, -0.2) is 4.57 Å². The van der Waals surface area contributed by atoms with Crippen molar-refractivity contribution in [1.29, 1.82) is 0 Å². The van der Waals surface area contributed by atoms with Gasteiger partial charge in [0.25, 0.3) is 0 Å². The summed E-state index contributed by atoms with van der Waals surface area (Å²) in [7, 11) is 0. The molecule has 0 bridgehead atoms. The van der Waals surface area contributed by atoms with E-state index in [0.717, 1.165) is 45.0 Å². The molecule has 0 saturated carbocycles. The van der Waals surface area contributed by atoms with Gasteiger partial charge in [-0.25, -0.2) is 0 Å². The van der Waals surface area contributed by atoms with E-state index >= 15 is 0 Å². The molecule has 0 fully saturated rings. The Hall–Kier alpha value is -9.76. The van der Waals surface area contributed by atoms with Gasteiger partial charge in [0.15, 0.2) is 0 Å². The lowest BCUT2D eigenvalue weighted by Gasteiger charge is -2.27. The lowest BCUT2D eigenvalue weighted by Crippen LogP contribution is -2.10. The molecule has 0 N–H and O–H groups in total. The smallest absolute Gasteiger partial charge is 0.0541 e. The summed E-state index contributed by atoms with van der Waals surface area (Å²) in [6.45, 7) is 0. The highest BCUT2D eigenvalue weighted by atomic mass is 15.1. The van der Waals surface area contributed by atoms with Gasteiger partial charge in [-0.05, 0) is 167 Å². The van der Waals surface area contributed by atoms with Gasteiger partial charge in [0, 0.05) is 33.5 Å². The summed E-state index contributed by atoms with van der Waals surface area (Å²) in [6.07, 6.45) is 0. The molecule has 14 aromatic rings. The third kappa shape index (κ3) is 7.52. The van der Waals surface area contributed by atoms with Gasteiger partial charge in [-0.15, -0.1) is 0 Å². The zero-order chi connectivity index (χ0) is 49.0. The SMILES string of the molecule is c1ccc(-c2c(-c3ccccc3)c3cc(-c4cccc(N(c5cccc(-c6ccc7ccccc7c6)c5)c5cccc(-c6ccc7c(c6)c6ccccc6n7-c6ccccc6)c5)c4)ccc3c3ccccc23)cc1. The van der Waals surface area contributed by atoms with Crippen LogP contribution >= 0.6 is 0 Å². The average Bonchev–Trinajstić information content (AvgIpc) is 3.84. The second kappa shape index (κ2) is 18.1. The Bertz CT molecular complexity index is 4420. The molecule has 0 saturated heterocycles. The van der Waals surface area contributed by atoms with E-state index in [-0.39, 0.29) is 0 Å². The maximum atomic E-state index is 2.43. The van der Waals surface area contributed by atoms with Crippen LogP contribution in [0.15, 0.2) is 291 Å². The van der Waals surface area contributed by atoms with E-state index in [1.165, 1.54) is 87.5 Å². The van der Waals surface area contributed by atoms with Gasteiger partial charge in [0.05, 0.1) is 11.0 Å². The maximum Gasteiger partial charge on any atom is 0.0541 e. The second-order valence-electron chi connectivity index (χ2n) is 19.3. The summed E-state index contributed by atoms with van der Waals surface area (Å²) in [4.78, 5) is 2.43. The van der Waals surface area contributed by atoms with Crippen LogP contribution < -0.4 is 4.90 Å². The third-order valence-corrected chi connectivity index (χ3v) is 14.9. The number of anilines is 3. The van der Waals surface area contributed by atoms with E-state index in [1.54, 1.807) is 0 Å². The minimum absolute atomic E-state index is 1.07. The van der Waals surface area contributed by atoms with Crippen LogP contribution in [0.1, 0.15) is 0 Å². The van der Waals surface area contributed by atoms with Crippen LogP contribution in [0.4, 0.5) is 17.1 Å². The highest BCUT2D eigenvalue weighted by Crippen LogP contribution is 2.47. The Morgan fingerprint density at radius 3 is 1.27 bits per heavy atom. The maximum absolute atomic E-state index is 2.43. The predicted octanol–water partition coefficient (Wildman–Crippen LogP) is 20.0. The molecule has 14 rings (SSSR count). The first-order chi connectivity index (χ1) is 36.7. The Morgan fingerprint density at radius 2 is 0.635 bits per heavy atom. The number of rotatable bonds is 9. The van der Waals surface area contributed by atoms with Gasteiger partial charge in [0.2, 0.25) is 0 Å². The summed E-state index contributed by atoms with van der Waals surface area (Å²) < 4.78 is 2.38. The van der Waals surface area contributed by atoms with Crippen molar-refractivity contribution in [1.82, 2.24) is 4.57 Å². The molecule has 1 heterocycles. The van der Waals surface area contributed by atoms with E-state index in [1.807, 2.05) is 0 Å². The van der Waals surface area contributed by atoms with Gasteiger partial charge in [-0.2, -0.15) is 0 Å². The van der Waals surface area contributed by atoms with E-state index < -0.39 is 0 Å². The van der Waals surface area contributed by atoms with Crippen molar-refractivity contribution in [2.45, 2.75) is 0 Å². The number of hydrogen-bond acceptors (Lipinski definition) is 1. The summed E-state index contributed by atoms with van der Waals surface area (Å²) in [6, 6.07) is 107. The molecular formula is C72H48N2. The number of fused-ring (bicyclic) bond motifs is 7. The number of hydrogen-bond donors (Lipinski definition) is 0. The van der Waals surface area contributed by atoms with Gasteiger partial charge in [-0.3, -0.25) is 0 Å². The Labute approximate surface area is 430 Å². The average molecular weight is 941 g/mol. The van der Waals surface area contributed by atoms with Gasteiger partial charge < -0.3 is 9.47 Å². The molecule has 0 aliphatic carbocycles. The standard InChI is InChI=1S/C72H48N2/c1-4-20-50(21-5-1)71-66-35-13-12-33-63(66)64-41-39-57(48-68(64)72(71)51-22-6-2-7-23-51)54-26-17-31-61(45-54)73(60-30-16-25-53(44-60)56-38-37-49-19-10-11-24-52(49)43-56)62-32-18-27-55(46-62)58-40-42-70-67(47-58)65-34-14-15-36-69(65)74(70)59-28-8-3-9-29-59/h1-48H. The Kier molecular flexibility index (Phi) is 10.6. The number of para-hydroxylation sites is 2. The first kappa shape index (κ1) is 43.1. The quantitative estimate of drug-likeness (QED) is 0.131. The van der Waals surface area contributed by atoms with Crippen molar-refractivity contribution < 1.29 is 0 Å². The van der Waals surface area contributed by atoms with Crippen molar-refractivity contribution in [3.8, 4) is 61.3 Å². The molecule has 0 aliphatic rings. The van der Waals surface area contributed by atoms with E-state index in [2.05, 4.69) is 301 Å². The molecule has 2 heteroatoms. The van der Waals surface area contributed by atoms with Crippen LogP contribution in [0.2, 0.25) is 0 Å². The van der Waals surface area contributed by atoms with Crippen LogP contribution in [0.25, 0.3) is 115 Å². The van der Waals surface area contributed by atoms with Crippen LogP contribution in [0.3, 0.4) is 0 Å². The predicted molar refractivity (Wildman–Crippen MR) is 315 cm³/mol. The van der Waals surface area contributed by atoms with E-state index in [4.69, 9.17) is 0 Å². The molecule has 13 aromatic carbocycles. The molecule has 0 aliphatic heterocycles. The molecule has 0 atom stereocenters. The van der Waals surface area contributed by atoms with Crippen LogP contribution in [0.5, 0.6) is 0 Å². The lowest BCUT2D eigenvalue weighted by molar-refractivity contribution is 1.18. The summed E-state index contributed by atoms with van der Waals surface area (Å²) in [5, 5.41) is 9.91. The Morgan fingerprint density at radius 1 is 0.216 bits per heavy atom. The molecule has 2 nitrogen and oxygen atoms in total. The number of aromatic nitrogens is 1. The second-order valence-corrected chi connectivity index (χ2v) is 19.3. The molecule has 0 radical (unpaired) electrons. The Balaban J connectivity index is 0.940. The minimum Gasteiger partial charge on any atom is -0.310 e. The van der Waals surface area contributed by atoms with Crippen molar-refractivity contribution in [2.24, 2.45) is 0 Å². The van der Waals surface area contributed by atoms with Crippen molar-refractivity contribution in [2.75, 3.05) is 4.90 Å². The number of nitrogens with zero attached hydrogens (tertiary/aromatic N) is 2. The summed E-state index contributed by atoms with van der Waals surface area (Å²) in [5.41, 5.74) is 18.6. The van der Waals surface area contributed by atoms with Crippen molar-refractivity contribution >= 4 is 71.2 Å². The van der Waals surface area contributed by atoms with Gasteiger partial charge in [0.1, 0.15) is 0 Å². The van der Waals surface area contributed by atoms with Gasteiger partial charge in [-0.1, -0.05) is 212 Å². The van der Waals surface area contributed by atoms with Gasteiger partial charge >= 0.3 is 0 Å². The van der Waals surface area contributed by atoms with Crippen molar-refractivity contribution in [3.63, 3.8) is 0 Å². The summed E-state index contributed by atoms with van der Waals surface area (Å²) >= 11 is 0. The monoisotopic (exact) mass is 940 g/mol. The molecule has 0 unspecified atom stereocenters. The topological polar surface area (TPSA) is 8.17 Å². The zero-order valence-electron chi connectivity index (χ0n) is 40.6. The van der Waals surface area contributed by atoms with Crippen LogP contribution in [0, 0.1) is 0 Å². The highest BCUT2D eigenvalue weighted by molar-refractivity contribution is 6.22. The molecule has 74 heavy (non-hydrogen) atoms. The fourth-order valence-electron chi connectivity index (χ4n) is 11.5. The molecule has 0 amide bonds. The van der Waals surface area contributed by atoms with Crippen LogP contribution in [-0.2, 0) is 0 Å². The van der Waals surface area contributed by atoms with E-state index in [0.29, 0.717) is 0 Å². The fourth-order valence-corrected chi connectivity index (χ4v) is 11.5. The first-order valence-electron chi connectivity index (χ1n) is 25.5. The minimum atomic E-state index is 1.07. The normalized spacial score (nSPS) is 11.5. The summed E-state index contributed by atoms with van der Waals surface area (Å²) in [5.74, 6) is 0. The zero-order valence-corrected chi connectivity index (χ0v) is 40.6. The first-order valence-corrected chi connectivity index (χ1v) is 25.5. The largest absolute Gasteiger partial charge is 0.310 e. The number of benzene rings is 13. The third-order valence-electron chi connectivity index (χ3n) is 14.9. The lowest BCUT2D eigenvalue weighted by atomic mass is 9.84. The van der Waals surface area contributed by atoms with Crippen molar-refractivity contribution in [3.05, 3.63) is 291 Å². The molecule has 1 aromatic heterocycles. The van der Waals surface area contributed by atoms with E-state index in [9.17, 15) is 0 Å². The molecule has 0 spiro atoms. The molecular weight excluding hydrogens is 893 g/mol.